The van der Waals surface area contributed by atoms with E-state index in [4.69, 9.17) is 25.8 Å². The van der Waals surface area contributed by atoms with Crippen molar-refractivity contribution in [1.82, 2.24) is 4.57 Å². The number of methoxy groups -OCH3 is 1. The summed E-state index contributed by atoms with van der Waals surface area (Å²) in [6, 6.07) is 18.2. The van der Waals surface area contributed by atoms with Crippen molar-refractivity contribution in [2.24, 2.45) is 4.99 Å². The number of rotatable bonds is 8. The molecule has 0 unspecified atom stereocenters. The summed E-state index contributed by atoms with van der Waals surface area (Å²) in [5.41, 5.74) is 4.05. The van der Waals surface area contributed by atoms with Crippen LogP contribution in [-0.2, 0) is 16.1 Å². The van der Waals surface area contributed by atoms with Gasteiger partial charge in [0.1, 0.15) is 6.61 Å². The maximum atomic E-state index is 13.9. The average Bonchev–Trinajstić information content (AvgIpc) is 3.27. The second kappa shape index (κ2) is 12.7. The summed E-state index contributed by atoms with van der Waals surface area (Å²) in [5, 5.41) is 0.618. The number of carbonyl (C=O) groups is 1. The molecule has 10 heteroatoms. The molecule has 0 amide bonds. The molecule has 3 aromatic carbocycles. The number of nitrogens with zero attached hydrogens (tertiary/aromatic N) is 2. The van der Waals surface area contributed by atoms with E-state index in [1.165, 1.54) is 11.3 Å². The standard InChI is InChI=1S/C32H28BrClN2O5S/c1-5-40-31(38)28-19(3)35-32-36(29(28)20-12-10-18(2)11-13-20)30(37)27(42-32)15-22-14-25(39-4)26(16-23(22)33)41-17-21-8-6-7-9-24(21)34/h6-16,29H,5,17H2,1-4H3/b27-15+/t29-/m1/s1. The fraction of sp³-hybridized carbons (Fsp3) is 0.219. The Hall–Kier alpha value is -3.66. The highest BCUT2D eigenvalue weighted by molar-refractivity contribution is 9.10. The SMILES string of the molecule is CCOC(=O)C1=C(C)N=c2s/c(=C/c3cc(OC)c(OCc4ccccc4Cl)cc3Br)c(=O)n2[C@@H]1c1ccc(C)cc1. The smallest absolute Gasteiger partial charge is 0.338 e. The van der Waals surface area contributed by atoms with Gasteiger partial charge in [-0.3, -0.25) is 9.36 Å². The molecule has 0 spiro atoms. The van der Waals surface area contributed by atoms with Crippen molar-refractivity contribution in [3.63, 3.8) is 0 Å². The van der Waals surface area contributed by atoms with Crippen LogP contribution in [0.15, 0.2) is 86.2 Å². The number of thiazole rings is 1. The Morgan fingerprint density at radius 1 is 1.12 bits per heavy atom. The van der Waals surface area contributed by atoms with Gasteiger partial charge >= 0.3 is 5.97 Å². The predicted molar refractivity (Wildman–Crippen MR) is 168 cm³/mol. The van der Waals surface area contributed by atoms with Gasteiger partial charge in [-0.1, -0.05) is 86.9 Å². The van der Waals surface area contributed by atoms with Crippen molar-refractivity contribution >= 4 is 50.9 Å². The van der Waals surface area contributed by atoms with Gasteiger partial charge in [0, 0.05) is 15.1 Å². The van der Waals surface area contributed by atoms with Crippen LogP contribution in [0.3, 0.4) is 0 Å². The number of hydrogen-bond acceptors (Lipinski definition) is 7. The Bertz CT molecular complexity index is 1880. The Kier molecular flexibility index (Phi) is 9.01. The number of aromatic nitrogens is 1. The zero-order valence-electron chi connectivity index (χ0n) is 23.4. The minimum atomic E-state index is -0.665. The lowest BCUT2D eigenvalue weighted by Gasteiger charge is -2.24. The van der Waals surface area contributed by atoms with E-state index >= 15 is 0 Å². The van der Waals surface area contributed by atoms with Gasteiger partial charge in [-0.25, -0.2) is 9.79 Å². The average molecular weight is 668 g/mol. The predicted octanol–water partition coefficient (Wildman–Crippen LogP) is 6.11. The summed E-state index contributed by atoms with van der Waals surface area (Å²) in [5.74, 6) is 0.540. The van der Waals surface area contributed by atoms with Gasteiger partial charge in [-0.2, -0.15) is 0 Å². The molecule has 1 aliphatic heterocycles. The van der Waals surface area contributed by atoms with Gasteiger partial charge in [-0.05, 0) is 56.2 Å². The number of fused-ring (bicyclic) bond motifs is 1. The lowest BCUT2D eigenvalue weighted by atomic mass is 9.95. The van der Waals surface area contributed by atoms with Crippen LogP contribution in [0.25, 0.3) is 6.08 Å². The van der Waals surface area contributed by atoms with Crippen molar-refractivity contribution in [2.75, 3.05) is 13.7 Å². The zero-order chi connectivity index (χ0) is 30.0. The topological polar surface area (TPSA) is 79.1 Å². The highest BCUT2D eigenvalue weighted by atomic mass is 79.9. The maximum absolute atomic E-state index is 13.9. The second-order valence-corrected chi connectivity index (χ2v) is 11.9. The molecule has 1 aromatic heterocycles. The molecule has 0 saturated heterocycles. The van der Waals surface area contributed by atoms with E-state index in [1.807, 2.05) is 55.5 Å². The van der Waals surface area contributed by atoms with Gasteiger partial charge in [0.05, 0.1) is 35.6 Å². The normalized spacial score (nSPS) is 14.8. The molecule has 42 heavy (non-hydrogen) atoms. The molecular weight excluding hydrogens is 640 g/mol. The van der Waals surface area contributed by atoms with Crippen LogP contribution in [0, 0.1) is 6.92 Å². The van der Waals surface area contributed by atoms with Crippen molar-refractivity contribution in [3.05, 3.63) is 123 Å². The van der Waals surface area contributed by atoms with E-state index in [-0.39, 0.29) is 18.8 Å². The quantitative estimate of drug-likeness (QED) is 0.212. The fourth-order valence-electron chi connectivity index (χ4n) is 4.70. The molecule has 0 N–H and O–H groups in total. The minimum absolute atomic E-state index is 0.217. The minimum Gasteiger partial charge on any atom is -0.493 e. The number of carbonyl (C=O) groups excluding carboxylic acids is 1. The largest absolute Gasteiger partial charge is 0.493 e. The number of ether oxygens (including phenoxy) is 3. The van der Waals surface area contributed by atoms with Crippen LogP contribution in [0.5, 0.6) is 11.5 Å². The molecule has 4 aromatic rings. The second-order valence-electron chi connectivity index (χ2n) is 9.62. The first-order valence-corrected chi connectivity index (χ1v) is 15.2. The summed E-state index contributed by atoms with van der Waals surface area (Å²) in [6.07, 6.45) is 1.78. The fourth-order valence-corrected chi connectivity index (χ4v) is 6.37. The van der Waals surface area contributed by atoms with E-state index in [2.05, 4.69) is 20.9 Å². The lowest BCUT2D eigenvalue weighted by molar-refractivity contribution is -0.139. The van der Waals surface area contributed by atoms with E-state index in [0.717, 1.165) is 22.3 Å². The third-order valence-electron chi connectivity index (χ3n) is 6.82. The Balaban J connectivity index is 1.58. The van der Waals surface area contributed by atoms with Crippen LogP contribution in [0.4, 0.5) is 0 Å². The monoisotopic (exact) mass is 666 g/mol. The molecule has 0 fully saturated rings. The summed E-state index contributed by atoms with van der Waals surface area (Å²) >= 11 is 11.2. The van der Waals surface area contributed by atoms with Crippen molar-refractivity contribution in [2.45, 2.75) is 33.4 Å². The summed E-state index contributed by atoms with van der Waals surface area (Å²) < 4.78 is 19.8. The highest BCUT2D eigenvalue weighted by Gasteiger charge is 2.33. The first kappa shape index (κ1) is 29.8. The third-order valence-corrected chi connectivity index (χ3v) is 8.86. The van der Waals surface area contributed by atoms with Gasteiger partial charge in [0.2, 0.25) is 0 Å². The van der Waals surface area contributed by atoms with Gasteiger partial charge in [-0.15, -0.1) is 0 Å². The van der Waals surface area contributed by atoms with Gasteiger partial charge in [0.15, 0.2) is 16.3 Å². The molecule has 7 nitrogen and oxygen atoms in total. The molecule has 0 bridgehead atoms. The van der Waals surface area contributed by atoms with Crippen LogP contribution in [-0.4, -0.2) is 24.3 Å². The first-order valence-electron chi connectivity index (χ1n) is 13.2. The lowest BCUT2D eigenvalue weighted by Crippen LogP contribution is -2.39. The number of allylic oxidation sites excluding steroid dienone is 1. The summed E-state index contributed by atoms with van der Waals surface area (Å²) in [6.45, 7) is 5.99. The van der Waals surface area contributed by atoms with Crippen molar-refractivity contribution in [1.29, 1.82) is 0 Å². The van der Waals surface area contributed by atoms with E-state index < -0.39 is 12.0 Å². The van der Waals surface area contributed by atoms with Crippen LogP contribution in [0.2, 0.25) is 5.02 Å². The first-order chi connectivity index (χ1) is 20.2. The zero-order valence-corrected chi connectivity index (χ0v) is 26.6. The van der Waals surface area contributed by atoms with Crippen LogP contribution < -0.4 is 24.4 Å². The highest BCUT2D eigenvalue weighted by Crippen LogP contribution is 2.35. The van der Waals surface area contributed by atoms with Crippen molar-refractivity contribution in [3.8, 4) is 11.5 Å². The summed E-state index contributed by atoms with van der Waals surface area (Å²) in [4.78, 5) is 32.2. The van der Waals surface area contributed by atoms with Gasteiger partial charge < -0.3 is 14.2 Å². The Morgan fingerprint density at radius 3 is 2.55 bits per heavy atom. The van der Waals surface area contributed by atoms with Gasteiger partial charge in [0.25, 0.3) is 5.56 Å². The molecule has 1 atom stereocenters. The molecule has 0 radical (unpaired) electrons. The van der Waals surface area contributed by atoms with Crippen LogP contribution in [0.1, 0.15) is 42.1 Å². The van der Waals surface area contributed by atoms with E-state index in [9.17, 15) is 9.59 Å². The Morgan fingerprint density at radius 2 is 1.86 bits per heavy atom. The van der Waals surface area contributed by atoms with E-state index in [0.29, 0.717) is 41.6 Å². The third kappa shape index (κ3) is 5.95. The maximum Gasteiger partial charge on any atom is 0.338 e. The molecule has 5 rings (SSSR count). The molecule has 1 aliphatic rings. The Labute approximate surface area is 260 Å². The molecule has 2 heterocycles. The molecule has 0 aliphatic carbocycles. The van der Waals surface area contributed by atoms with Crippen molar-refractivity contribution < 1.29 is 19.0 Å². The molecule has 0 saturated carbocycles. The number of benzene rings is 3. The number of halogens is 2. The van der Waals surface area contributed by atoms with Crippen LogP contribution >= 0.6 is 38.9 Å². The molecular formula is C32H28BrClN2O5S. The number of esters is 1. The number of hydrogen-bond donors (Lipinski definition) is 0. The van der Waals surface area contributed by atoms with E-state index in [1.54, 1.807) is 43.7 Å². The molecule has 216 valence electrons. The number of aryl methyl sites for hydroxylation is 1. The summed E-state index contributed by atoms with van der Waals surface area (Å²) in [7, 11) is 1.56.